The Morgan fingerprint density at radius 2 is 1.94 bits per heavy atom. The van der Waals surface area contributed by atoms with Crippen LogP contribution in [0.15, 0.2) is 24.3 Å². The van der Waals surface area contributed by atoms with Gasteiger partial charge in [-0.25, -0.2) is 0 Å². The van der Waals surface area contributed by atoms with E-state index in [2.05, 4.69) is 43.4 Å². The van der Waals surface area contributed by atoms with Gasteiger partial charge in [0.25, 0.3) is 0 Å². The minimum Gasteiger partial charge on any atom is -0.380 e. The van der Waals surface area contributed by atoms with Crippen molar-refractivity contribution in [2.24, 2.45) is 0 Å². The van der Waals surface area contributed by atoms with Crippen molar-refractivity contribution >= 4 is 0 Å². The zero-order chi connectivity index (χ0) is 11.6. The average molecular weight is 221 g/mol. The van der Waals surface area contributed by atoms with E-state index in [1.165, 1.54) is 11.1 Å². The molecule has 1 rings (SSSR count). The Morgan fingerprint density at radius 1 is 1.12 bits per heavy atom. The van der Waals surface area contributed by atoms with Crippen LogP contribution in [0, 0.1) is 6.92 Å². The minimum absolute atomic E-state index is 0.821. The zero-order valence-corrected chi connectivity index (χ0v) is 10.5. The third kappa shape index (κ3) is 5.29. The zero-order valence-electron chi connectivity index (χ0n) is 10.5. The molecule has 0 radical (unpaired) electrons. The Labute approximate surface area is 99.0 Å². The first kappa shape index (κ1) is 13.2. The van der Waals surface area contributed by atoms with Crippen molar-refractivity contribution < 1.29 is 4.74 Å². The fraction of sp³-hybridized carbons (Fsp3) is 0.571. The third-order valence-corrected chi connectivity index (χ3v) is 2.60. The van der Waals surface area contributed by atoms with E-state index in [0.29, 0.717) is 0 Å². The molecule has 2 heteroatoms. The van der Waals surface area contributed by atoms with E-state index in [-0.39, 0.29) is 0 Å². The summed E-state index contributed by atoms with van der Waals surface area (Å²) in [4.78, 5) is 0. The Balaban J connectivity index is 2.05. The number of aryl methyl sites for hydroxylation is 1. The Bertz CT molecular complexity index is 286. The van der Waals surface area contributed by atoms with Gasteiger partial charge in [-0.2, -0.15) is 0 Å². The Kier molecular flexibility index (Phi) is 6.86. The van der Waals surface area contributed by atoms with Crippen molar-refractivity contribution in [3.8, 4) is 0 Å². The van der Waals surface area contributed by atoms with Crippen molar-refractivity contribution in [2.45, 2.75) is 26.7 Å². The van der Waals surface area contributed by atoms with Gasteiger partial charge < -0.3 is 10.1 Å². The standard InChI is InChI=1S/C14H23NO/c1-3-11-16-12-10-15-9-8-14-7-5-4-6-13(14)2/h4-7,15H,3,8-12H2,1-2H3. The maximum atomic E-state index is 5.40. The lowest BCUT2D eigenvalue weighted by Crippen LogP contribution is -2.22. The molecule has 1 N–H and O–H groups in total. The Morgan fingerprint density at radius 3 is 2.69 bits per heavy atom. The highest BCUT2D eigenvalue weighted by molar-refractivity contribution is 5.25. The van der Waals surface area contributed by atoms with E-state index < -0.39 is 0 Å². The number of benzene rings is 1. The smallest absolute Gasteiger partial charge is 0.0590 e. The van der Waals surface area contributed by atoms with Crippen molar-refractivity contribution in [1.29, 1.82) is 0 Å². The number of rotatable bonds is 8. The SMILES string of the molecule is CCCOCCNCCc1ccccc1C. The van der Waals surface area contributed by atoms with Crippen LogP contribution in [0.2, 0.25) is 0 Å². The summed E-state index contributed by atoms with van der Waals surface area (Å²) >= 11 is 0. The summed E-state index contributed by atoms with van der Waals surface area (Å²) in [7, 11) is 0. The van der Waals surface area contributed by atoms with Gasteiger partial charge in [0.2, 0.25) is 0 Å². The van der Waals surface area contributed by atoms with E-state index in [9.17, 15) is 0 Å². The molecule has 16 heavy (non-hydrogen) atoms. The predicted molar refractivity (Wildman–Crippen MR) is 68.9 cm³/mol. The summed E-state index contributed by atoms with van der Waals surface area (Å²) in [5.74, 6) is 0. The third-order valence-electron chi connectivity index (χ3n) is 2.60. The molecule has 0 unspecified atom stereocenters. The summed E-state index contributed by atoms with van der Waals surface area (Å²) in [6.45, 7) is 7.97. The second-order valence-corrected chi connectivity index (χ2v) is 4.04. The van der Waals surface area contributed by atoms with Gasteiger partial charge in [-0.05, 0) is 37.4 Å². The van der Waals surface area contributed by atoms with Gasteiger partial charge in [0.05, 0.1) is 6.61 Å². The van der Waals surface area contributed by atoms with E-state index >= 15 is 0 Å². The van der Waals surface area contributed by atoms with Crippen molar-refractivity contribution in [1.82, 2.24) is 5.32 Å². The molecule has 0 amide bonds. The number of nitrogens with one attached hydrogen (secondary N) is 1. The number of hydrogen-bond donors (Lipinski definition) is 1. The molecule has 0 atom stereocenters. The summed E-state index contributed by atoms with van der Waals surface area (Å²) < 4.78 is 5.40. The summed E-state index contributed by atoms with van der Waals surface area (Å²) in [5.41, 5.74) is 2.82. The van der Waals surface area contributed by atoms with Crippen LogP contribution in [0.1, 0.15) is 24.5 Å². The van der Waals surface area contributed by atoms with Crippen LogP contribution in [0.4, 0.5) is 0 Å². The molecule has 0 heterocycles. The molecular weight excluding hydrogens is 198 g/mol. The van der Waals surface area contributed by atoms with Crippen molar-refractivity contribution in [3.05, 3.63) is 35.4 Å². The Hall–Kier alpha value is -0.860. The molecule has 0 spiro atoms. The predicted octanol–water partition coefficient (Wildman–Crippen LogP) is 2.55. The van der Waals surface area contributed by atoms with Gasteiger partial charge in [-0.1, -0.05) is 31.2 Å². The maximum absolute atomic E-state index is 5.40. The second kappa shape index (κ2) is 8.31. The van der Waals surface area contributed by atoms with Crippen molar-refractivity contribution in [2.75, 3.05) is 26.3 Å². The van der Waals surface area contributed by atoms with E-state index in [4.69, 9.17) is 4.74 Å². The van der Waals surface area contributed by atoms with Gasteiger partial charge in [0.15, 0.2) is 0 Å². The maximum Gasteiger partial charge on any atom is 0.0590 e. The molecular formula is C14H23NO. The molecule has 0 aliphatic carbocycles. The van der Waals surface area contributed by atoms with Gasteiger partial charge in [0, 0.05) is 13.2 Å². The monoisotopic (exact) mass is 221 g/mol. The molecule has 0 fully saturated rings. The molecule has 0 bridgehead atoms. The first-order chi connectivity index (χ1) is 7.84. The van der Waals surface area contributed by atoms with E-state index in [1.807, 2.05) is 0 Å². The highest BCUT2D eigenvalue weighted by Gasteiger charge is 1.96. The molecule has 1 aromatic rings. The largest absolute Gasteiger partial charge is 0.380 e. The fourth-order valence-corrected chi connectivity index (χ4v) is 1.63. The topological polar surface area (TPSA) is 21.3 Å². The van der Waals surface area contributed by atoms with Gasteiger partial charge in [-0.3, -0.25) is 0 Å². The van der Waals surface area contributed by atoms with Gasteiger partial charge in [0.1, 0.15) is 0 Å². The molecule has 0 saturated heterocycles. The lowest BCUT2D eigenvalue weighted by molar-refractivity contribution is 0.137. The van der Waals surface area contributed by atoms with Crippen LogP contribution in [0.5, 0.6) is 0 Å². The summed E-state index contributed by atoms with van der Waals surface area (Å²) in [5, 5.41) is 3.39. The second-order valence-electron chi connectivity index (χ2n) is 4.04. The first-order valence-electron chi connectivity index (χ1n) is 6.17. The van der Waals surface area contributed by atoms with Crippen molar-refractivity contribution in [3.63, 3.8) is 0 Å². The van der Waals surface area contributed by atoms with Gasteiger partial charge in [-0.15, -0.1) is 0 Å². The molecule has 2 nitrogen and oxygen atoms in total. The number of ether oxygens (including phenoxy) is 1. The van der Waals surface area contributed by atoms with Crippen LogP contribution in [-0.4, -0.2) is 26.3 Å². The van der Waals surface area contributed by atoms with Crippen LogP contribution in [0.25, 0.3) is 0 Å². The van der Waals surface area contributed by atoms with E-state index in [1.54, 1.807) is 0 Å². The average Bonchev–Trinajstić information content (AvgIpc) is 2.30. The molecule has 0 aliphatic heterocycles. The minimum atomic E-state index is 0.821. The fourth-order valence-electron chi connectivity index (χ4n) is 1.63. The lowest BCUT2D eigenvalue weighted by atomic mass is 10.1. The van der Waals surface area contributed by atoms with Crippen LogP contribution in [0.3, 0.4) is 0 Å². The molecule has 0 aromatic heterocycles. The molecule has 1 aromatic carbocycles. The highest BCUT2D eigenvalue weighted by Crippen LogP contribution is 2.06. The summed E-state index contributed by atoms with van der Waals surface area (Å²) in [6.07, 6.45) is 2.20. The quantitative estimate of drug-likeness (QED) is 0.681. The number of hydrogen-bond acceptors (Lipinski definition) is 2. The van der Waals surface area contributed by atoms with Gasteiger partial charge >= 0.3 is 0 Å². The van der Waals surface area contributed by atoms with E-state index in [0.717, 1.165) is 39.1 Å². The molecule has 0 saturated carbocycles. The summed E-state index contributed by atoms with van der Waals surface area (Å²) in [6, 6.07) is 8.56. The van der Waals surface area contributed by atoms with Crippen LogP contribution >= 0.6 is 0 Å². The normalized spacial score (nSPS) is 10.6. The van der Waals surface area contributed by atoms with Crippen LogP contribution in [-0.2, 0) is 11.2 Å². The molecule has 0 aliphatic rings. The van der Waals surface area contributed by atoms with Crippen LogP contribution < -0.4 is 5.32 Å². The first-order valence-corrected chi connectivity index (χ1v) is 6.17. The molecule has 90 valence electrons. The lowest BCUT2D eigenvalue weighted by Gasteiger charge is -2.07. The highest BCUT2D eigenvalue weighted by atomic mass is 16.5.